The Morgan fingerprint density at radius 2 is 2.11 bits per heavy atom. The first kappa shape index (κ1) is 13.2. The number of nitrogens with zero attached hydrogens (tertiary/aromatic N) is 1. The van der Waals surface area contributed by atoms with Crippen molar-refractivity contribution < 1.29 is 18.0 Å². The van der Waals surface area contributed by atoms with Crippen molar-refractivity contribution in [2.75, 3.05) is 17.3 Å². The van der Waals surface area contributed by atoms with Crippen molar-refractivity contribution in [3.05, 3.63) is 29.8 Å². The molecule has 1 aliphatic rings. The summed E-state index contributed by atoms with van der Waals surface area (Å²) in [6, 6.07) is 4.79. The number of amides is 1. The van der Waals surface area contributed by atoms with Crippen LogP contribution in [0.4, 0.5) is 18.9 Å². The maximum absolute atomic E-state index is 12.6. The monoisotopic (exact) mass is 277 g/mol. The molecular weight excluding hydrogens is 267 g/mol. The van der Waals surface area contributed by atoms with Gasteiger partial charge in [0.2, 0.25) is 5.91 Å². The highest BCUT2D eigenvalue weighted by molar-refractivity contribution is 6.18. The Kier molecular flexibility index (Phi) is 3.52. The fraction of sp³-hybridized carbons (Fsp3) is 0.417. The van der Waals surface area contributed by atoms with Gasteiger partial charge in [0.15, 0.2) is 0 Å². The summed E-state index contributed by atoms with van der Waals surface area (Å²) >= 11 is 5.67. The van der Waals surface area contributed by atoms with Crippen LogP contribution in [0.1, 0.15) is 12.0 Å². The van der Waals surface area contributed by atoms with E-state index < -0.39 is 11.7 Å². The highest BCUT2D eigenvalue weighted by Gasteiger charge is 2.33. The third-order valence-electron chi connectivity index (χ3n) is 2.91. The number of carbonyl (C=O) groups is 1. The van der Waals surface area contributed by atoms with E-state index in [0.717, 1.165) is 12.1 Å². The maximum Gasteiger partial charge on any atom is 0.416 e. The van der Waals surface area contributed by atoms with Crippen LogP contribution in [0.5, 0.6) is 0 Å². The molecule has 2 nitrogen and oxygen atoms in total. The smallest absolute Gasteiger partial charge is 0.312 e. The Morgan fingerprint density at radius 3 is 2.67 bits per heavy atom. The van der Waals surface area contributed by atoms with Crippen molar-refractivity contribution in [3.8, 4) is 0 Å². The van der Waals surface area contributed by atoms with Gasteiger partial charge in [0.05, 0.1) is 5.56 Å². The van der Waals surface area contributed by atoms with Crippen molar-refractivity contribution in [1.82, 2.24) is 0 Å². The molecule has 2 rings (SSSR count). The minimum absolute atomic E-state index is 0.00806. The quantitative estimate of drug-likeness (QED) is 0.760. The van der Waals surface area contributed by atoms with Crippen LogP contribution in [-0.4, -0.2) is 18.3 Å². The van der Waals surface area contributed by atoms with Gasteiger partial charge in [0.1, 0.15) is 0 Å². The van der Waals surface area contributed by atoms with Gasteiger partial charge in [-0.1, -0.05) is 6.07 Å². The lowest BCUT2D eigenvalue weighted by molar-refractivity contribution is -0.137. The zero-order chi connectivity index (χ0) is 13.3. The summed E-state index contributed by atoms with van der Waals surface area (Å²) < 4.78 is 37.7. The van der Waals surface area contributed by atoms with Gasteiger partial charge in [0.25, 0.3) is 0 Å². The Labute approximate surface area is 107 Å². The Balaban J connectivity index is 2.27. The van der Waals surface area contributed by atoms with E-state index in [4.69, 9.17) is 11.6 Å². The first-order valence-corrected chi connectivity index (χ1v) is 5.99. The molecule has 1 aliphatic heterocycles. The molecule has 1 heterocycles. The Hall–Kier alpha value is -1.23. The van der Waals surface area contributed by atoms with Crippen LogP contribution in [0.2, 0.25) is 0 Å². The number of hydrogen-bond donors (Lipinski definition) is 0. The van der Waals surface area contributed by atoms with Crippen LogP contribution >= 0.6 is 11.6 Å². The zero-order valence-electron chi connectivity index (χ0n) is 9.38. The standard InChI is InChI=1S/C12H11ClF3NO/c13-6-8-4-11(18)17(7-8)10-3-1-2-9(5-10)12(14,15)16/h1-3,5,8H,4,6-7H2. The summed E-state index contributed by atoms with van der Waals surface area (Å²) in [7, 11) is 0. The van der Waals surface area contributed by atoms with Crippen LogP contribution < -0.4 is 4.90 Å². The minimum atomic E-state index is -4.40. The van der Waals surface area contributed by atoms with E-state index in [0.29, 0.717) is 18.8 Å². The topological polar surface area (TPSA) is 20.3 Å². The molecule has 0 bridgehead atoms. The third-order valence-corrected chi connectivity index (χ3v) is 3.34. The predicted octanol–water partition coefficient (Wildman–Crippen LogP) is 3.30. The second-order valence-corrected chi connectivity index (χ2v) is 4.59. The molecule has 1 aromatic carbocycles. The summed E-state index contributed by atoms with van der Waals surface area (Å²) in [4.78, 5) is 13.1. The SMILES string of the molecule is O=C1CC(CCl)CN1c1cccc(C(F)(F)F)c1. The molecule has 0 radical (unpaired) electrons. The minimum Gasteiger partial charge on any atom is -0.312 e. The molecule has 0 N–H and O–H groups in total. The first-order chi connectivity index (χ1) is 8.41. The fourth-order valence-electron chi connectivity index (χ4n) is 1.98. The molecule has 98 valence electrons. The average Bonchev–Trinajstić information content (AvgIpc) is 2.70. The molecule has 1 unspecified atom stereocenters. The van der Waals surface area contributed by atoms with E-state index in [9.17, 15) is 18.0 Å². The van der Waals surface area contributed by atoms with Gasteiger partial charge in [0, 0.05) is 24.5 Å². The average molecular weight is 278 g/mol. The molecule has 18 heavy (non-hydrogen) atoms. The number of anilines is 1. The molecule has 0 saturated carbocycles. The molecule has 0 aliphatic carbocycles. The first-order valence-electron chi connectivity index (χ1n) is 5.45. The van der Waals surface area contributed by atoms with E-state index in [1.54, 1.807) is 0 Å². The van der Waals surface area contributed by atoms with E-state index in [1.165, 1.54) is 17.0 Å². The Morgan fingerprint density at radius 1 is 1.39 bits per heavy atom. The van der Waals surface area contributed by atoms with Gasteiger partial charge >= 0.3 is 6.18 Å². The van der Waals surface area contributed by atoms with E-state index >= 15 is 0 Å². The van der Waals surface area contributed by atoms with E-state index in [2.05, 4.69) is 0 Å². The van der Waals surface area contributed by atoms with Gasteiger partial charge in [-0.25, -0.2) is 0 Å². The number of hydrogen-bond acceptors (Lipinski definition) is 1. The zero-order valence-corrected chi connectivity index (χ0v) is 10.1. The molecule has 1 atom stereocenters. The molecule has 1 fully saturated rings. The van der Waals surface area contributed by atoms with Crippen molar-refractivity contribution in [1.29, 1.82) is 0 Å². The van der Waals surface area contributed by atoms with Crippen LogP contribution in [0, 0.1) is 5.92 Å². The second-order valence-electron chi connectivity index (χ2n) is 4.28. The van der Waals surface area contributed by atoms with Crippen molar-refractivity contribution >= 4 is 23.2 Å². The largest absolute Gasteiger partial charge is 0.416 e. The van der Waals surface area contributed by atoms with E-state index in [-0.39, 0.29) is 17.5 Å². The maximum atomic E-state index is 12.6. The summed E-state index contributed by atoms with van der Waals surface area (Å²) in [6.07, 6.45) is -4.11. The second kappa shape index (κ2) is 4.80. The molecule has 1 saturated heterocycles. The van der Waals surface area contributed by atoms with Crippen molar-refractivity contribution in [2.45, 2.75) is 12.6 Å². The summed E-state index contributed by atoms with van der Waals surface area (Å²) in [6.45, 7) is 0.379. The molecule has 0 spiro atoms. The summed E-state index contributed by atoms with van der Waals surface area (Å²) in [5.41, 5.74) is -0.468. The highest BCUT2D eigenvalue weighted by atomic mass is 35.5. The lowest BCUT2D eigenvalue weighted by atomic mass is 10.1. The highest BCUT2D eigenvalue weighted by Crippen LogP contribution is 2.33. The van der Waals surface area contributed by atoms with Gasteiger partial charge in [-0.3, -0.25) is 4.79 Å². The predicted molar refractivity (Wildman–Crippen MR) is 62.6 cm³/mol. The van der Waals surface area contributed by atoms with E-state index in [1.807, 2.05) is 0 Å². The van der Waals surface area contributed by atoms with Crippen LogP contribution in [0.25, 0.3) is 0 Å². The van der Waals surface area contributed by atoms with Crippen LogP contribution in [0.3, 0.4) is 0 Å². The molecule has 1 amide bonds. The van der Waals surface area contributed by atoms with Gasteiger partial charge in [-0.2, -0.15) is 13.2 Å². The molecule has 0 aromatic heterocycles. The van der Waals surface area contributed by atoms with Crippen molar-refractivity contribution in [2.24, 2.45) is 5.92 Å². The number of benzene rings is 1. The third kappa shape index (κ3) is 2.61. The number of carbonyl (C=O) groups excluding carboxylic acids is 1. The lowest BCUT2D eigenvalue weighted by Gasteiger charge is -2.18. The fourth-order valence-corrected chi connectivity index (χ4v) is 2.19. The lowest BCUT2D eigenvalue weighted by Crippen LogP contribution is -2.25. The van der Waals surface area contributed by atoms with Crippen LogP contribution in [0.15, 0.2) is 24.3 Å². The van der Waals surface area contributed by atoms with Crippen LogP contribution in [-0.2, 0) is 11.0 Å². The Bertz CT molecular complexity index is 461. The molecule has 1 aromatic rings. The van der Waals surface area contributed by atoms with Crippen molar-refractivity contribution in [3.63, 3.8) is 0 Å². The normalized spacial score (nSPS) is 20.6. The number of rotatable bonds is 2. The summed E-state index contributed by atoms with van der Waals surface area (Å²) in [5, 5.41) is 0. The van der Waals surface area contributed by atoms with Gasteiger partial charge in [-0.05, 0) is 24.1 Å². The number of alkyl halides is 4. The molecule has 6 heteroatoms. The van der Waals surface area contributed by atoms with Gasteiger partial charge < -0.3 is 4.90 Å². The van der Waals surface area contributed by atoms with Gasteiger partial charge in [-0.15, -0.1) is 11.6 Å². The number of halogens is 4. The molecular formula is C12H11ClF3NO. The summed E-state index contributed by atoms with van der Waals surface area (Å²) in [5.74, 6) is 0.162.